The van der Waals surface area contributed by atoms with Crippen LogP contribution in [0, 0.1) is 45.7 Å². The van der Waals surface area contributed by atoms with Gasteiger partial charge in [0.15, 0.2) is 34.9 Å². The fraction of sp³-hybridized carbons (Fsp3) is 0.455. The van der Waals surface area contributed by atoms with Crippen LogP contribution >= 0.6 is 15.9 Å². The lowest BCUT2D eigenvalue weighted by Crippen LogP contribution is -2.49. The third kappa shape index (κ3) is 8.94. The second-order valence-corrected chi connectivity index (χ2v) is 17.0. The summed E-state index contributed by atoms with van der Waals surface area (Å²) in [7, 11) is -2.00. The zero-order valence-corrected chi connectivity index (χ0v) is 33.3. The summed E-state index contributed by atoms with van der Waals surface area (Å²) in [6.07, 6.45) is 14.6. The van der Waals surface area contributed by atoms with Crippen molar-refractivity contribution in [3.63, 3.8) is 0 Å². The number of hydrogen-bond donors (Lipinski definition) is 2. The van der Waals surface area contributed by atoms with Crippen molar-refractivity contribution < 1.29 is 45.9 Å². The van der Waals surface area contributed by atoms with Crippen molar-refractivity contribution in [2.75, 3.05) is 13.2 Å². The zero-order chi connectivity index (χ0) is 40.3. The summed E-state index contributed by atoms with van der Waals surface area (Å²) in [6, 6.07) is 19.4. The summed E-state index contributed by atoms with van der Waals surface area (Å²) in [4.78, 5) is 0. The van der Waals surface area contributed by atoms with Gasteiger partial charge in [0.2, 0.25) is 0 Å². The third-order valence-corrected chi connectivity index (χ3v) is 13.0. The number of fused-ring (bicyclic) bond motifs is 6. The van der Waals surface area contributed by atoms with Crippen LogP contribution in [0.2, 0.25) is 0 Å². The number of halogens is 7. The predicted molar refractivity (Wildman–Crippen MR) is 209 cm³/mol. The summed E-state index contributed by atoms with van der Waals surface area (Å²) in [5.74, 6) is -8.29. The van der Waals surface area contributed by atoms with E-state index >= 15 is 0 Å². The molecule has 6 fully saturated rings. The molecule has 4 aliphatic heterocycles. The smallest absolute Gasteiger partial charge is 0.423 e. The summed E-state index contributed by atoms with van der Waals surface area (Å²) in [6.45, 7) is 6.30. The summed E-state index contributed by atoms with van der Waals surface area (Å²) >= 11 is 3.51. The molecule has 6 aliphatic rings. The molecule has 0 aromatic heterocycles. The molecule has 4 aromatic rings. The molecule has 0 amide bonds. The maximum absolute atomic E-state index is 13.5. The molecule has 0 unspecified atom stereocenters. The molecule has 10 rings (SSSR count). The maximum Gasteiger partial charge on any atom is 0.488 e. The second kappa shape index (κ2) is 17.4. The molecule has 0 spiro atoms. The molecule has 300 valence electrons. The van der Waals surface area contributed by atoms with Crippen molar-refractivity contribution in [3.8, 4) is 11.1 Å². The minimum Gasteiger partial charge on any atom is -0.423 e. The molecule has 56 heavy (non-hydrogen) atoms. The molecule has 4 bridgehead atoms. The van der Waals surface area contributed by atoms with Gasteiger partial charge in [-0.2, -0.15) is 0 Å². The predicted octanol–water partition coefficient (Wildman–Crippen LogP) is 11.2. The highest BCUT2D eigenvalue weighted by atomic mass is 79.9. The molecule has 2 saturated carbocycles. The van der Waals surface area contributed by atoms with Gasteiger partial charge in [-0.3, -0.25) is 0 Å². The van der Waals surface area contributed by atoms with Gasteiger partial charge in [-0.15, -0.1) is 0 Å². The van der Waals surface area contributed by atoms with Crippen molar-refractivity contribution in [2.45, 2.75) is 102 Å². The first kappa shape index (κ1) is 42.5. The number of ether oxygens (including phenoxy) is 2. The lowest BCUT2D eigenvalue weighted by Gasteiger charge is -2.53. The monoisotopic (exact) mass is 844 g/mol. The quantitative estimate of drug-likeness (QED) is 0.105. The van der Waals surface area contributed by atoms with E-state index in [-0.39, 0.29) is 11.2 Å². The highest BCUT2D eigenvalue weighted by Gasteiger charge is 2.51. The van der Waals surface area contributed by atoms with Crippen LogP contribution in [0.15, 0.2) is 77.3 Å². The van der Waals surface area contributed by atoms with Crippen LogP contribution in [0.4, 0.5) is 26.3 Å². The highest BCUT2D eigenvalue weighted by molar-refractivity contribution is 9.10. The minimum atomic E-state index is -2.00. The van der Waals surface area contributed by atoms with E-state index in [1.807, 2.05) is 24.3 Å². The van der Waals surface area contributed by atoms with Gasteiger partial charge in [-0.1, -0.05) is 79.0 Å². The fourth-order valence-corrected chi connectivity index (χ4v) is 9.41. The van der Waals surface area contributed by atoms with Gasteiger partial charge in [0.1, 0.15) is 0 Å². The number of benzene rings is 4. The van der Waals surface area contributed by atoms with E-state index in [9.17, 15) is 26.3 Å². The van der Waals surface area contributed by atoms with Crippen LogP contribution in [-0.2, 0) is 20.7 Å². The Hall–Kier alpha value is -3.16. The van der Waals surface area contributed by atoms with E-state index in [0.29, 0.717) is 34.1 Å². The topological polar surface area (TPSA) is 58.9 Å². The lowest BCUT2D eigenvalue weighted by molar-refractivity contribution is -0.191. The fourth-order valence-electron chi connectivity index (χ4n) is 9.14. The van der Waals surface area contributed by atoms with Crippen LogP contribution in [0.5, 0.6) is 0 Å². The first-order chi connectivity index (χ1) is 26.7. The van der Waals surface area contributed by atoms with E-state index in [1.54, 1.807) is 0 Å². The summed E-state index contributed by atoms with van der Waals surface area (Å²) in [5, 5.41) is 16.9. The van der Waals surface area contributed by atoms with Gasteiger partial charge in [0, 0.05) is 4.47 Å². The Morgan fingerprint density at radius 1 is 0.554 bits per heavy atom. The van der Waals surface area contributed by atoms with Gasteiger partial charge < -0.3 is 19.5 Å². The molecule has 2 aliphatic carbocycles. The second-order valence-electron chi connectivity index (χ2n) is 16.1. The number of rotatable bonds is 8. The van der Waals surface area contributed by atoms with E-state index in [0.717, 1.165) is 48.2 Å². The minimum absolute atomic E-state index is 0.0240. The SMILES string of the molecule is CCCC12CCC(c3ccc(-c4cc(F)c(F)c(F)c4)cc3)(CC1)OC2.CCCC12CCC(c3ccc(Br)cc3)(CC1)OC2.OB(O)c1cc(F)c(F)c(F)c1. The Labute approximate surface area is 333 Å². The molecule has 2 N–H and O–H groups in total. The Morgan fingerprint density at radius 2 is 0.929 bits per heavy atom. The average Bonchev–Trinajstić information content (AvgIpc) is 3.21. The van der Waals surface area contributed by atoms with Gasteiger partial charge in [0.05, 0.1) is 24.4 Å². The maximum atomic E-state index is 13.5. The summed E-state index contributed by atoms with van der Waals surface area (Å²) < 4.78 is 90.9. The lowest BCUT2D eigenvalue weighted by atomic mass is 9.62. The van der Waals surface area contributed by atoms with Crippen LogP contribution in [0.25, 0.3) is 11.1 Å². The van der Waals surface area contributed by atoms with Crippen LogP contribution in [0.3, 0.4) is 0 Å². The van der Waals surface area contributed by atoms with E-state index in [1.165, 1.54) is 69.8 Å². The van der Waals surface area contributed by atoms with E-state index in [4.69, 9.17) is 19.5 Å². The molecule has 0 atom stereocenters. The summed E-state index contributed by atoms with van der Waals surface area (Å²) in [5.41, 5.74) is 3.72. The Bertz CT molecular complexity index is 1880. The van der Waals surface area contributed by atoms with Crippen molar-refractivity contribution >= 4 is 28.5 Å². The van der Waals surface area contributed by atoms with Crippen LogP contribution < -0.4 is 5.46 Å². The van der Waals surface area contributed by atoms with Crippen molar-refractivity contribution in [1.82, 2.24) is 0 Å². The molecule has 4 saturated heterocycles. The highest BCUT2D eigenvalue weighted by Crippen LogP contribution is 2.56. The zero-order valence-electron chi connectivity index (χ0n) is 31.8. The molecular weight excluding hydrogens is 797 g/mol. The molecule has 4 nitrogen and oxygen atoms in total. The van der Waals surface area contributed by atoms with Gasteiger partial charge in [-0.05, 0) is 139 Å². The molecule has 4 heterocycles. The van der Waals surface area contributed by atoms with Crippen molar-refractivity contribution in [3.05, 3.63) is 123 Å². The molecule has 0 radical (unpaired) electrons. The Morgan fingerprint density at radius 3 is 1.27 bits per heavy atom. The first-order valence-electron chi connectivity index (χ1n) is 19.5. The average molecular weight is 846 g/mol. The molecule has 4 aromatic carbocycles. The van der Waals surface area contributed by atoms with Gasteiger partial charge >= 0.3 is 7.12 Å². The van der Waals surface area contributed by atoms with Crippen molar-refractivity contribution in [2.24, 2.45) is 10.8 Å². The van der Waals surface area contributed by atoms with Crippen molar-refractivity contribution in [1.29, 1.82) is 0 Å². The number of hydrogen-bond acceptors (Lipinski definition) is 4. The first-order valence-corrected chi connectivity index (χ1v) is 20.3. The van der Waals surface area contributed by atoms with Crippen LogP contribution in [0.1, 0.15) is 102 Å². The third-order valence-electron chi connectivity index (χ3n) is 12.5. The van der Waals surface area contributed by atoms with E-state index < -0.39 is 47.5 Å². The van der Waals surface area contributed by atoms with Crippen LogP contribution in [-0.4, -0.2) is 30.4 Å². The normalized spacial score (nSPS) is 26.2. The van der Waals surface area contributed by atoms with E-state index in [2.05, 4.69) is 54.0 Å². The standard InChI is InChI=1S/C22H23F3O.C16H21BrO.C6H4BF3O2/c1-2-7-21-8-10-22(11-9-21,26-14-21)17-5-3-15(4-6-17)16-12-18(23)20(25)19(24)13-16;1-2-7-15-8-10-16(11-9-15,18-12-15)13-3-5-14(17)6-4-13;8-4-1-3(7(11)12)2-5(9)6(4)10/h3-6,12-13H,2,7-11,14H2,1H3;3-6H,2,7-12H2,1H3;1-2,11-12H. The largest absolute Gasteiger partial charge is 0.488 e. The Kier molecular flexibility index (Phi) is 13.2. The van der Waals surface area contributed by atoms with Gasteiger partial charge in [0.25, 0.3) is 0 Å². The molecule has 12 heteroatoms. The van der Waals surface area contributed by atoms with Gasteiger partial charge in [-0.25, -0.2) is 26.3 Å². The Balaban J connectivity index is 0.000000154. The molecular formula is C44H48BBrF6O4.